The topological polar surface area (TPSA) is 138 Å². The monoisotopic (exact) mass is 584 g/mol. The van der Waals surface area contributed by atoms with Crippen molar-refractivity contribution in [2.75, 3.05) is 11.9 Å². The lowest BCUT2D eigenvalue weighted by Crippen LogP contribution is -2.46. The van der Waals surface area contributed by atoms with E-state index in [1.54, 1.807) is 6.07 Å². The van der Waals surface area contributed by atoms with Gasteiger partial charge in [0, 0.05) is 41.4 Å². The number of hydrogen-bond acceptors (Lipinski definition) is 7. The molecule has 41 heavy (non-hydrogen) atoms. The van der Waals surface area contributed by atoms with Gasteiger partial charge in [0.05, 0.1) is 17.1 Å². The van der Waals surface area contributed by atoms with Gasteiger partial charge < -0.3 is 25.2 Å². The molecule has 0 saturated carbocycles. The van der Waals surface area contributed by atoms with Gasteiger partial charge in [-0.25, -0.2) is 8.78 Å². The third-order valence-corrected chi connectivity index (χ3v) is 7.37. The van der Waals surface area contributed by atoms with Crippen LogP contribution in [0.25, 0.3) is 10.9 Å². The van der Waals surface area contributed by atoms with E-state index in [-0.39, 0.29) is 48.1 Å². The number of halogens is 3. The molecule has 2 heterocycles. The van der Waals surface area contributed by atoms with Crippen molar-refractivity contribution in [2.24, 2.45) is 0 Å². The van der Waals surface area contributed by atoms with Crippen molar-refractivity contribution in [3.05, 3.63) is 85.0 Å². The van der Waals surface area contributed by atoms with E-state index in [0.717, 1.165) is 4.90 Å². The van der Waals surface area contributed by atoms with Crippen LogP contribution in [-0.2, 0) is 22.7 Å². The van der Waals surface area contributed by atoms with Gasteiger partial charge in [0.2, 0.25) is 11.8 Å². The van der Waals surface area contributed by atoms with Gasteiger partial charge >= 0.3 is 0 Å². The standard InChI is InChI=1S/C28H23ClF2N4O6/c1-13(36)18-11-34(20-8-16(5-6-17(18)20)33-24-25(38)27(40)26(24)39)12-22(37)35-10-15(30)7-21(35)28(41)32-9-14-3-2-4-19(29)23(14)31/h2-6,8,11,15,21,33,38H,7,9-10,12H2,1H3,(H,32,41)/t15-,21+/m1/s1. The van der Waals surface area contributed by atoms with Gasteiger partial charge in [-0.2, -0.15) is 0 Å². The van der Waals surface area contributed by atoms with Crippen LogP contribution in [0.1, 0.15) is 29.3 Å². The number of nitrogens with zero attached hydrogens (tertiary/aromatic N) is 2. The van der Waals surface area contributed by atoms with E-state index in [2.05, 4.69) is 10.6 Å². The molecule has 0 aliphatic carbocycles. The zero-order chi connectivity index (χ0) is 29.6. The first-order valence-electron chi connectivity index (χ1n) is 12.5. The number of rotatable bonds is 8. The molecule has 1 saturated heterocycles. The molecule has 2 amide bonds. The van der Waals surface area contributed by atoms with Crippen molar-refractivity contribution in [1.82, 2.24) is 14.8 Å². The molecule has 2 atom stereocenters. The molecule has 10 nitrogen and oxygen atoms in total. The molecule has 1 fully saturated rings. The highest BCUT2D eigenvalue weighted by Crippen LogP contribution is 2.29. The summed E-state index contributed by atoms with van der Waals surface area (Å²) in [5.41, 5.74) is -1.01. The molecular weight excluding hydrogens is 562 g/mol. The van der Waals surface area contributed by atoms with Crippen molar-refractivity contribution in [3.63, 3.8) is 0 Å². The molecule has 0 radical (unpaired) electrons. The van der Waals surface area contributed by atoms with Gasteiger partial charge in [-0.05, 0) is 25.1 Å². The van der Waals surface area contributed by atoms with Gasteiger partial charge in [-0.3, -0.25) is 24.0 Å². The minimum absolute atomic E-state index is 0.109. The van der Waals surface area contributed by atoms with Crippen molar-refractivity contribution < 1.29 is 28.3 Å². The first-order valence-corrected chi connectivity index (χ1v) is 12.9. The number of ketones is 1. The summed E-state index contributed by atoms with van der Waals surface area (Å²) < 4.78 is 30.1. The molecule has 13 heteroatoms. The number of benzene rings is 2. The smallest absolute Gasteiger partial charge is 0.271 e. The van der Waals surface area contributed by atoms with E-state index in [9.17, 15) is 37.9 Å². The van der Waals surface area contributed by atoms with E-state index < -0.39 is 46.5 Å². The van der Waals surface area contributed by atoms with Gasteiger partial charge in [0.15, 0.2) is 11.5 Å². The fraction of sp³-hybridized carbons (Fsp3) is 0.250. The number of anilines is 2. The number of alkyl halides is 1. The maximum atomic E-state index is 14.4. The summed E-state index contributed by atoms with van der Waals surface area (Å²) in [6.07, 6.45) is -0.227. The number of hydrogen-bond donors (Lipinski definition) is 3. The molecule has 3 aromatic carbocycles. The quantitative estimate of drug-likeness (QED) is 0.214. The predicted molar refractivity (Wildman–Crippen MR) is 147 cm³/mol. The summed E-state index contributed by atoms with van der Waals surface area (Å²) in [5.74, 6) is -2.91. The molecule has 0 unspecified atom stereocenters. The van der Waals surface area contributed by atoms with Crippen LogP contribution in [-0.4, -0.2) is 50.9 Å². The van der Waals surface area contributed by atoms with E-state index in [1.165, 1.54) is 48.0 Å². The second kappa shape index (κ2) is 10.8. The Morgan fingerprint density at radius 2 is 1.90 bits per heavy atom. The SMILES string of the molecule is CC(=O)c1cn(CC(=O)N2C[C@H](F)C[C@H]2C(=O)NCc2cccc(Cl)c2F)c2cc(Nc3c(O)c(=O)c3=O)ccc12. The minimum atomic E-state index is -1.45. The molecule has 4 aromatic rings. The zero-order valence-corrected chi connectivity index (χ0v) is 22.3. The lowest BCUT2D eigenvalue weighted by molar-refractivity contribution is -0.139. The van der Waals surface area contributed by atoms with Gasteiger partial charge in [-0.1, -0.05) is 29.8 Å². The number of aromatic hydroxyl groups is 1. The Labute approximate surface area is 235 Å². The Kier molecular flexibility index (Phi) is 7.35. The molecule has 0 bridgehead atoms. The van der Waals surface area contributed by atoms with Crippen molar-refractivity contribution in [2.45, 2.75) is 38.6 Å². The third-order valence-electron chi connectivity index (χ3n) is 7.08. The van der Waals surface area contributed by atoms with Gasteiger partial charge in [0.25, 0.3) is 10.9 Å². The van der Waals surface area contributed by atoms with Crippen molar-refractivity contribution >= 4 is 51.5 Å². The Morgan fingerprint density at radius 1 is 1.15 bits per heavy atom. The molecule has 1 aromatic heterocycles. The highest BCUT2D eigenvalue weighted by molar-refractivity contribution is 6.30. The highest BCUT2D eigenvalue weighted by atomic mass is 35.5. The lowest BCUT2D eigenvalue weighted by Gasteiger charge is -2.24. The number of amides is 2. The lowest BCUT2D eigenvalue weighted by atomic mass is 10.1. The Bertz CT molecular complexity index is 1790. The number of nitrogens with one attached hydrogen (secondary N) is 2. The van der Waals surface area contributed by atoms with Crippen LogP contribution >= 0.6 is 11.6 Å². The molecule has 212 valence electrons. The maximum absolute atomic E-state index is 14.4. The van der Waals surface area contributed by atoms with Crippen LogP contribution in [0.3, 0.4) is 0 Å². The summed E-state index contributed by atoms with van der Waals surface area (Å²) in [7, 11) is 0. The summed E-state index contributed by atoms with van der Waals surface area (Å²) in [4.78, 5) is 62.8. The Morgan fingerprint density at radius 3 is 2.61 bits per heavy atom. The van der Waals surface area contributed by atoms with Crippen LogP contribution in [0.4, 0.5) is 20.2 Å². The largest absolute Gasteiger partial charge is 0.502 e. The average molecular weight is 585 g/mol. The number of likely N-dealkylation sites (tertiary alicyclic amines) is 1. The van der Waals surface area contributed by atoms with Crippen LogP contribution in [0.2, 0.25) is 5.02 Å². The van der Waals surface area contributed by atoms with Crippen molar-refractivity contribution in [1.29, 1.82) is 0 Å². The van der Waals surface area contributed by atoms with Crippen LogP contribution in [0, 0.1) is 5.82 Å². The number of carbonyl (C=O) groups excluding carboxylic acids is 3. The summed E-state index contributed by atoms with van der Waals surface area (Å²) in [6, 6.07) is 7.84. The maximum Gasteiger partial charge on any atom is 0.271 e. The second-order valence-electron chi connectivity index (χ2n) is 9.79. The molecule has 0 spiro atoms. The third kappa shape index (κ3) is 5.18. The number of carbonyl (C=O) groups is 3. The number of Topliss-reactive ketones (excluding diaryl/α,β-unsaturated/α-hetero) is 1. The van der Waals surface area contributed by atoms with E-state index >= 15 is 0 Å². The fourth-order valence-electron chi connectivity index (χ4n) is 4.95. The molecular formula is C28H23ClF2N4O6. The van der Waals surface area contributed by atoms with E-state index in [4.69, 9.17) is 11.6 Å². The van der Waals surface area contributed by atoms with Crippen molar-refractivity contribution in [3.8, 4) is 5.75 Å². The second-order valence-corrected chi connectivity index (χ2v) is 10.2. The van der Waals surface area contributed by atoms with E-state index in [0.29, 0.717) is 22.2 Å². The summed E-state index contributed by atoms with van der Waals surface area (Å²) >= 11 is 5.78. The van der Waals surface area contributed by atoms with Crippen LogP contribution in [0.15, 0.2) is 52.2 Å². The summed E-state index contributed by atoms with van der Waals surface area (Å²) in [6.45, 7) is 0.474. The predicted octanol–water partition coefficient (Wildman–Crippen LogP) is 2.94. The number of aromatic nitrogens is 1. The highest BCUT2D eigenvalue weighted by Gasteiger charge is 2.40. The molecule has 3 N–H and O–H groups in total. The fourth-order valence-corrected chi connectivity index (χ4v) is 5.15. The van der Waals surface area contributed by atoms with E-state index in [1.807, 2.05) is 0 Å². The van der Waals surface area contributed by atoms with Crippen LogP contribution in [0.5, 0.6) is 5.75 Å². The van der Waals surface area contributed by atoms with Gasteiger partial charge in [-0.15, -0.1) is 0 Å². The zero-order valence-electron chi connectivity index (χ0n) is 21.5. The average Bonchev–Trinajstić information content (AvgIpc) is 3.52. The normalized spacial score (nSPS) is 16.8. The minimum Gasteiger partial charge on any atom is -0.502 e. The van der Waals surface area contributed by atoms with Gasteiger partial charge in [0.1, 0.15) is 30.3 Å². The first kappa shape index (κ1) is 28.0. The Hall–Kier alpha value is -4.58. The molecule has 5 rings (SSSR count). The number of fused-ring (bicyclic) bond motifs is 1. The summed E-state index contributed by atoms with van der Waals surface area (Å²) in [5, 5.41) is 15.3. The molecule has 1 aliphatic rings. The van der Waals surface area contributed by atoms with Crippen LogP contribution < -0.4 is 21.5 Å². The molecule has 1 aliphatic heterocycles. The Balaban J connectivity index is 1.37. The first-order chi connectivity index (χ1) is 19.5.